The van der Waals surface area contributed by atoms with Crippen molar-refractivity contribution in [2.75, 3.05) is 19.6 Å². The van der Waals surface area contributed by atoms with Crippen LogP contribution in [0.4, 0.5) is 0 Å². The molecular formula is C12H24N2O2. The zero-order chi connectivity index (χ0) is 11.8. The minimum absolute atomic E-state index is 0.00620. The average molecular weight is 228 g/mol. The summed E-state index contributed by atoms with van der Waals surface area (Å²) in [5, 5.41) is 15.6. The Morgan fingerprint density at radius 2 is 2.06 bits per heavy atom. The molecule has 16 heavy (non-hydrogen) atoms. The topological polar surface area (TPSA) is 61.4 Å². The lowest BCUT2D eigenvalue weighted by atomic mass is 10.0. The number of carbonyl (C=O) groups excluding carboxylic acids is 1. The summed E-state index contributed by atoms with van der Waals surface area (Å²) in [6.07, 6.45) is 5.90. The minimum Gasteiger partial charge on any atom is -0.392 e. The summed E-state index contributed by atoms with van der Waals surface area (Å²) < 4.78 is 0. The van der Waals surface area contributed by atoms with E-state index in [1.54, 1.807) is 0 Å². The number of rotatable bonds is 7. The fourth-order valence-electron chi connectivity index (χ4n) is 2.31. The second kappa shape index (κ2) is 7.63. The van der Waals surface area contributed by atoms with Crippen LogP contribution in [0, 0.1) is 5.92 Å². The smallest absolute Gasteiger partial charge is 0.216 e. The fourth-order valence-corrected chi connectivity index (χ4v) is 2.31. The summed E-state index contributed by atoms with van der Waals surface area (Å²) in [5.41, 5.74) is 0. The molecule has 94 valence electrons. The van der Waals surface area contributed by atoms with Crippen LogP contribution in [0.3, 0.4) is 0 Å². The van der Waals surface area contributed by atoms with E-state index >= 15 is 0 Å². The van der Waals surface area contributed by atoms with E-state index < -0.39 is 0 Å². The Morgan fingerprint density at radius 1 is 1.38 bits per heavy atom. The second-order valence-electron chi connectivity index (χ2n) is 4.73. The van der Waals surface area contributed by atoms with Gasteiger partial charge in [-0.05, 0) is 12.3 Å². The Morgan fingerprint density at radius 3 is 2.69 bits per heavy atom. The van der Waals surface area contributed by atoms with Crippen LogP contribution in [0.25, 0.3) is 0 Å². The first-order valence-corrected chi connectivity index (χ1v) is 6.31. The van der Waals surface area contributed by atoms with Crippen LogP contribution in [0.15, 0.2) is 0 Å². The lowest BCUT2D eigenvalue weighted by molar-refractivity contribution is -0.118. The molecule has 1 aliphatic rings. The first-order chi connectivity index (χ1) is 7.68. The highest BCUT2D eigenvalue weighted by Crippen LogP contribution is 2.28. The molecule has 0 aromatic rings. The molecule has 0 radical (unpaired) electrons. The molecule has 0 spiro atoms. The van der Waals surface area contributed by atoms with Gasteiger partial charge < -0.3 is 15.7 Å². The Balaban J connectivity index is 1.93. The van der Waals surface area contributed by atoms with Crippen LogP contribution in [0.5, 0.6) is 0 Å². The third-order valence-electron chi connectivity index (χ3n) is 3.14. The van der Waals surface area contributed by atoms with E-state index in [0.717, 1.165) is 18.9 Å². The van der Waals surface area contributed by atoms with Crippen LogP contribution >= 0.6 is 0 Å². The molecule has 1 aliphatic carbocycles. The molecule has 1 fully saturated rings. The Labute approximate surface area is 97.8 Å². The van der Waals surface area contributed by atoms with Gasteiger partial charge in [0, 0.05) is 26.6 Å². The van der Waals surface area contributed by atoms with E-state index in [1.807, 2.05) is 0 Å². The quantitative estimate of drug-likeness (QED) is 0.561. The van der Waals surface area contributed by atoms with Crippen molar-refractivity contribution in [1.82, 2.24) is 10.6 Å². The molecule has 4 heteroatoms. The molecule has 1 unspecified atom stereocenters. The van der Waals surface area contributed by atoms with Crippen molar-refractivity contribution < 1.29 is 9.90 Å². The standard InChI is InChI=1S/C12H24N2O2/c1-10(15)14-7-6-13-9-12(16)8-11-4-2-3-5-11/h11-13,16H,2-9H2,1H3,(H,14,15). The fraction of sp³-hybridized carbons (Fsp3) is 0.917. The van der Waals surface area contributed by atoms with Gasteiger partial charge in [0.25, 0.3) is 0 Å². The molecule has 1 atom stereocenters. The van der Waals surface area contributed by atoms with Gasteiger partial charge in [0.2, 0.25) is 5.91 Å². The summed E-state index contributed by atoms with van der Waals surface area (Å²) in [6, 6.07) is 0. The maximum absolute atomic E-state index is 10.6. The maximum Gasteiger partial charge on any atom is 0.216 e. The predicted molar refractivity (Wildman–Crippen MR) is 64.1 cm³/mol. The molecule has 1 rings (SSSR count). The number of hydrogen-bond acceptors (Lipinski definition) is 3. The molecule has 0 saturated heterocycles. The predicted octanol–water partition coefficient (Wildman–Crippen LogP) is 0.653. The van der Waals surface area contributed by atoms with Crippen LogP contribution in [-0.2, 0) is 4.79 Å². The Kier molecular flexibility index (Phi) is 6.42. The highest BCUT2D eigenvalue weighted by atomic mass is 16.3. The molecule has 1 saturated carbocycles. The SMILES string of the molecule is CC(=O)NCCNCC(O)CC1CCCC1. The number of nitrogens with one attached hydrogen (secondary N) is 2. The van der Waals surface area contributed by atoms with E-state index in [4.69, 9.17) is 0 Å². The Hall–Kier alpha value is -0.610. The summed E-state index contributed by atoms with van der Waals surface area (Å²) >= 11 is 0. The summed E-state index contributed by atoms with van der Waals surface area (Å²) in [4.78, 5) is 10.6. The van der Waals surface area contributed by atoms with Crippen LogP contribution < -0.4 is 10.6 Å². The van der Waals surface area contributed by atoms with Crippen molar-refractivity contribution >= 4 is 5.91 Å². The third-order valence-corrected chi connectivity index (χ3v) is 3.14. The molecule has 4 nitrogen and oxygen atoms in total. The summed E-state index contributed by atoms with van der Waals surface area (Å²) in [5.74, 6) is 0.723. The van der Waals surface area contributed by atoms with Crippen molar-refractivity contribution in [2.24, 2.45) is 5.92 Å². The summed E-state index contributed by atoms with van der Waals surface area (Å²) in [6.45, 7) is 3.50. The van der Waals surface area contributed by atoms with Gasteiger partial charge in [0.15, 0.2) is 0 Å². The van der Waals surface area contributed by atoms with Crippen LogP contribution in [0.2, 0.25) is 0 Å². The lowest BCUT2D eigenvalue weighted by Gasteiger charge is -2.15. The van der Waals surface area contributed by atoms with Gasteiger partial charge in [-0.25, -0.2) is 0 Å². The minimum atomic E-state index is -0.236. The molecule has 0 aliphatic heterocycles. The molecule has 0 heterocycles. The zero-order valence-corrected chi connectivity index (χ0v) is 10.2. The van der Waals surface area contributed by atoms with Gasteiger partial charge in [-0.15, -0.1) is 0 Å². The highest BCUT2D eigenvalue weighted by molar-refractivity contribution is 5.72. The van der Waals surface area contributed by atoms with E-state index in [2.05, 4.69) is 10.6 Å². The molecule has 3 N–H and O–H groups in total. The number of hydrogen-bond donors (Lipinski definition) is 3. The van der Waals surface area contributed by atoms with E-state index in [9.17, 15) is 9.90 Å². The normalized spacial score (nSPS) is 18.6. The first kappa shape index (κ1) is 13.5. The van der Waals surface area contributed by atoms with Crippen molar-refractivity contribution in [3.63, 3.8) is 0 Å². The van der Waals surface area contributed by atoms with Crippen molar-refractivity contribution in [3.05, 3.63) is 0 Å². The van der Waals surface area contributed by atoms with Gasteiger partial charge >= 0.3 is 0 Å². The number of amides is 1. The highest BCUT2D eigenvalue weighted by Gasteiger charge is 2.18. The van der Waals surface area contributed by atoms with Gasteiger partial charge in [-0.3, -0.25) is 4.79 Å². The monoisotopic (exact) mass is 228 g/mol. The maximum atomic E-state index is 10.6. The largest absolute Gasteiger partial charge is 0.392 e. The van der Waals surface area contributed by atoms with Gasteiger partial charge in [0.1, 0.15) is 0 Å². The molecule has 1 amide bonds. The second-order valence-corrected chi connectivity index (χ2v) is 4.73. The van der Waals surface area contributed by atoms with Crippen molar-refractivity contribution in [3.8, 4) is 0 Å². The van der Waals surface area contributed by atoms with Crippen LogP contribution in [0.1, 0.15) is 39.0 Å². The molecule has 0 aromatic heterocycles. The molecule has 0 aromatic carbocycles. The Bertz CT molecular complexity index is 203. The number of carbonyl (C=O) groups is 1. The molecular weight excluding hydrogens is 204 g/mol. The van der Waals surface area contributed by atoms with Gasteiger partial charge in [-0.2, -0.15) is 0 Å². The van der Waals surface area contributed by atoms with E-state index in [0.29, 0.717) is 13.1 Å². The third kappa shape index (κ3) is 6.08. The van der Waals surface area contributed by atoms with E-state index in [1.165, 1.54) is 32.6 Å². The number of aliphatic hydroxyl groups is 1. The van der Waals surface area contributed by atoms with Crippen molar-refractivity contribution in [2.45, 2.75) is 45.1 Å². The van der Waals surface area contributed by atoms with Crippen LogP contribution in [-0.4, -0.2) is 36.8 Å². The first-order valence-electron chi connectivity index (χ1n) is 6.31. The lowest BCUT2D eigenvalue weighted by Crippen LogP contribution is -2.34. The van der Waals surface area contributed by atoms with Gasteiger partial charge in [-0.1, -0.05) is 25.7 Å². The van der Waals surface area contributed by atoms with E-state index in [-0.39, 0.29) is 12.0 Å². The average Bonchev–Trinajstić information content (AvgIpc) is 2.69. The number of aliphatic hydroxyl groups excluding tert-OH is 1. The van der Waals surface area contributed by atoms with Crippen molar-refractivity contribution in [1.29, 1.82) is 0 Å². The summed E-state index contributed by atoms with van der Waals surface area (Å²) in [7, 11) is 0. The van der Waals surface area contributed by atoms with Gasteiger partial charge in [0.05, 0.1) is 6.10 Å². The zero-order valence-electron chi connectivity index (χ0n) is 10.2. The molecule has 0 bridgehead atoms.